The minimum Gasteiger partial charge on any atom is -0.497 e. The Bertz CT molecular complexity index is 1270. The Kier molecular flexibility index (Phi) is 7.89. The van der Waals surface area contributed by atoms with Gasteiger partial charge in [0.1, 0.15) is 33.0 Å². The highest BCUT2D eigenvalue weighted by molar-refractivity contribution is 7.20. The van der Waals surface area contributed by atoms with Crippen molar-refractivity contribution < 1.29 is 18.9 Å². The third-order valence-corrected chi connectivity index (χ3v) is 7.40. The highest BCUT2D eigenvalue weighted by Crippen LogP contribution is 2.46. The summed E-state index contributed by atoms with van der Waals surface area (Å²) in [5, 5.41) is 2.12. The summed E-state index contributed by atoms with van der Waals surface area (Å²) in [6, 6.07) is 36.6. The fourth-order valence-corrected chi connectivity index (χ4v) is 5.38. The summed E-state index contributed by atoms with van der Waals surface area (Å²) in [6.45, 7) is 0. The summed E-state index contributed by atoms with van der Waals surface area (Å²) < 4.78 is 21.6. The Hall–Kier alpha value is -4.62. The summed E-state index contributed by atoms with van der Waals surface area (Å²) >= 11 is 1.70. The van der Waals surface area contributed by atoms with Crippen LogP contribution in [0.5, 0.6) is 23.0 Å². The fourth-order valence-electron chi connectivity index (χ4n) is 4.29. The molecule has 1 aromatic heterocycles. The highest BCUT2D eigenvalue weighted by Gasteiger charge is 2.20. The van der Waals surface area contributed by atoms with Crippen molar-refractivity contribution in [3.8, 4) is 23.0 Å². The van der Waals surface area contributed by atoms with Crippen LogP contribution in [0, 0.1) is 0 Å². The van der Waals surface area contributed by atoms with Gasteiger partial charge < -0.3 is 28.7 Å². The number of anilines is 6. The number of nitrogens with zero attached hydrogens (tertiary/aromatic N) is 2. The zero-order valence-electron chi connectivity index (χ0n) is 22.3. The first kappa shape index (κ1) is 26.0. The summed E-state index contributed by atoms with van der Waals surface area (Å²) in [7, 11) is 6.70. The van der Waals surface area contributed by atoms with Crippen molar-refractivity contribution in [2.75, 3.05) is 38.2 Å². The predicted molar refractivity (Wildman–Crippen MR) is 160 cm³/mol. The van der Waals surface area contributed by atoms with E-state index in [0.29, 0.717) is 0 Å². The molecule has 0 radical (unpaired) electrons. The molecule has 0 saturated carbocycles. The van der Waals surface area contributed by atoms with E-state index in [1.165, 1.54) is 0 Å². The van der Waals surface area contributed by atoms with E-state index < -0.39 is 0 Å². The first-order chi connectivity index (χ1) is 19.1. The van der Waals surface area contributed by atoms with E-state index in [4.69, 9.17) is 18.9 Å². The van der Waals surface area contributed by atoms with Crippen LogP contribution < -0.4 is 28.7 Å². The average Bonchev–Trinajstić information content (AvgIpc) is 3.47. The number of thiophene rings is 1. The van der Waals surface area contributed by atoms with Crippen molar-refractivity contribution in [1.29, 1.82) is 0 Å². The van der Waals surface area contributed by atoms with Gasteiger partial charge in [0.05, 0.1) is 28.4 Å². The number of rotatable bonds is 10. The maximum absolute atomic E-state index is 5.40. The Morgan fingerprint density at radius 1 is 0.359 bits per heavy atom. The van der Waals surface area contributed by atoms with Gasteiger partial charge in [-0.2, -0.15) is 0 Å². The molecule has 198 valence electrons. The van der Waals surface area contributed by atoms with Gasteiger partial charge in [0.15, 0.2) is 0 Å². The molecule has 4 aromatic carbocycles. The number of hydrogen-bond donors (Lipinski definition) is 0. The lowest BCUT2D eigenvalue weighted by Crippen LogP contribution is -2.09. The molecule has 7 heteroatoms. The monoisotopic (exact) mass is 538 g/mol. The van der Waals surface area contributed by atoms with E-state index in [0.717, 1.165) is 55.7 Å². The van der Waals surface area contributed by atoms with E-state index >= 15 is 0 Å². The van der Waals surface area contributed by atoms with Crippen LogP contribution in [0.4, 0.5) is 32.8 Å². The minimum absolute atomic E-state index is 0.811. The van der Waals surface area contributed by atoms with Crippen molar-refractivity contribution in [2.24, 2.45) is 0 Å². The molecule has 0 aliphatic heterocycles. The van der Waals surface area contributed by atoms with Gasteiger partial charge in [-0.15, -0.1) is 0 Å². The summed E-state index contributed by atoms with van der Waals surface area (Å²) in [4.78, 5) is 4.46. The SMILES string of the molecule is COc1ccc(N(c2ccc(OC)cc2)c2ccc(N(c3ccc(OC)cc3)c3ccc(OC)cc3)s2)cc1. The Morgan fingerprint density at radius 2 is 0.590 bits per heavy atom. The number of hydrogen-bond acceptors (Lipinski definition) is 7. The van der Waals surface area contributed by atoms with E-state index in [-0.39, 0.29) is 0 Å². The molecule has 0 N–H and O–H groups in total. The second kappa shape index (κ2) is 11.8. The van der Waals surface area contributed by atoms with Crippen LogP contribution in [-0.2, 0) is 0 Å². The lowest BCUT2D eigenvalue weighted by molar-refractivity contribution is 0.414. The summed E-state index contributed by atoms with van der Waals surface area (Å²) in [5.41, 5.74) is 4.09. The minimum atomic E-state index is 0.811. The first-order valence-electron chi connectivity index (χ1n) is 12.4. The van der Waals surface area contributed by atoms with Crippen LogP contribution in [0.25, 0.3) is 0 Å². The second-order valence-electron chi connectivity index (χ2n) is 8.57. The molecule has 39 heavy (non-hydrogen) atoms. The normalized spacial score (nSPS) is 10.6. The van der Waals surface area contributed by atoms with Crippen molar-refractivity contribution in [3.05, 3.63) is 109 Å². The highest BCUT2D eigenvalue weighted by atomic mass is 32.1. The average molecular weight is 539 g/mol. The maximum atomic E-state index is 5.40. The van der Waals surface area contributed by atoms with Crippen LogP contribution >= 0.6 is 11.3 Å². The zero-order chi connectivity index (χ0) is 27.2. The molecular weight excluding hydrogens is 508 g/mol. The molecule has 0 saturated heterocycles. The Labute approximate surface area is 233 Å². The largest absolute Gasteiger partial charge is 0.497 e. The molecule has 0 aliphatic rings. The molecule has 5 rings (SSSR count). The second-order valence-corrected chi connectivity index (χ2v) is 9.62. The molecule has 0 spiro atoms. The lowest BCUT2D eigenvalue weighted by atomic mass is 10.2. The van der Waals surface area contributed by atoms with Gasteiger partial charge >= 0.3 is 0 Å². The lowest BCUT2D eigenvalue weighted by Gasteiger charge is -2.25. The molecule has 0 amide bonds. The molecule has 6 nitrogen and oxygen atoms in total. The van der Waals surface area contributed by atoms with E-state index in [1.807, 2.05) is 48.5 Å². The number of benzene rings is 4. The standard InChI is InChI=1S/C32H30N2O4S/c1-35-27-13-5-23(6-14-27)33(24-7-15-28(36-2)16-8-24)31-21-22-32(39-31)34(25-9-17-29(37-3)18-10-25)26-11-19-30(38-4)20-12-26/h5-22H,1-4H3. The maximum Gasteiger partial charge on any atom is 0.119 e. The third-order valence-electron chi connectivity index (χ3n) is 6.34. The first-order valence-corrected chi connectivity index (χ1v) is 13.2. The van der Waals surface area contributed by atoms with Crippen molar-refractivity contribution in [3.63, 3.8) is 0 Å². The van der Waals surface area contributed by atoms with Crippen molar-refractivity contribution >= 4 is 44.1 Å². The number of methoxy groups -OCH3 is 4. The molecule has 0 fully saturated rings. The topological polar surface area (TPSA) is 43.4 Å². The molecule has 0 aliphatic carbocycles. The van der Waals surface area contributed by atoms with Gasteiger partial charge in [0.25, 0.3) is 0 Å². The summed E-state index contributed by atoms with van der Waals surface area (Å²) in [6.07, 6.45) is 0. The Balaban J connectivity index is 1.59. The third kappa shape index (κ3) is 5.63. The van der Waals surface area contributed by atoms with Crippen LogP contribution in [0.2, 0.25) is 0 Å². The Morgan fingerprint density at radius 3 is 0.795 bits per heavy atom. The van der Waals surface area contributed by atoms with Crippen molar-refractivity contribution in [1.82, 2.24) is 0 Å². The van der Waals surface area contributed by atoms with Gasteiger partial charge in [-0.25, -0.2) is 0 Å². The van der Waals surface area contributed by atoms with Crippen LogP contribution in [0.3, 0.4) is 0 Å². The van der Waals surface area contributed by atoms with Gasteiger partial charge in [0, 0.05) is 22.7 Å². The quantitative estimate of drug-likeness (QED) is 0.177. The molecule has 0 unspecified atom stereocenters. The van der Waals surface area contributed by atoms with Gasteiger partial charge in [0.2, 0.25) is 0 Å². The molecule has 5 aromatic rings. The van der Waals surface area contributed by atoms with Crippen LogP contribution in [0.15, 0.2) is 109 Å². The molecule has 0 bridgehead atoms. The molecule has 1 heterocycles. The summed E-state index contributed by atoms with van der Waals surface area (Å²) in [5.74, 6) is 3.24. The van der Waals surface area contributed by atoms with E-state index in [2.05, 4.69) is 70.5 Å². The van der Waals surface area contributed by atoms with Crippen LogP contribution in [0.1, 0.15) is 0 Å². The van der Waals surface area contributed by atoms with Gasteiger partial charge in [-0.3, -0.25) is 0 Å². The fraction of sp³-hybridized carbons (Fsp3) is 0.125. The van der Waals surface area contributed by atoms with Gasteiger partial charge in [-0.05, 0) is 109 Å². The predicted octanol–water partition coefficient (Wildman–Crippen LogP) is 8.72. The molecule has 0 atom stereocenters. The smallest absolute Gasteiger partial charge is 0.119 e. The van der Waals surface area contributed by atoms with E-state index in [9.17, 15) is 0 Å². The van der Waals surface area contributed by atoms with Gasteiger partial charge in [-0.1, -0.05) is 11.3 Å². The zero-order valence-corrected chi connectivity index (χ0v) is 23.1. The number of ether oxygens (including phenoxy) is 4. The van der Waals surface area contributed by atoms with E-state index in [1.54, 1.807) is 39.8 Å². The van der Waals surface area contributed by atoms with Crippen LogP contribution in [-0.4, -0.2) is 28.4 Å². The van der Waals surface area contributed by atoms with Crippen molar-refractivity contribution in [2.45, 2.75) is 0 Å². The molecular formula is C32H30N2O4S.